The van der Waals surface area contributed by atoms with Gasteiger partial charge >= 0.3 is 12.1 Å². The molecule has 0 radical (unpaired) electrons. The van der Waals surface area contributed by atoms with Crippen LogP contribution >= 0.6 is 0 Å². The van der Waals surface area contributed by atoms with Crippen molar-refractivity contribution in [2.24, 2.45) is 5.92 Å². The van der Waals surface area contributed by atoms with Crippen molar-refractivity contribution in [2.45, 2.75) is 63.8 Å². The van der Waals surface area contributed by atoms with Crippen molar-refractivity contribution in [1.82, 2.24) is 4.57 Å². The van der Waals surface area contributed by atoms with E-state index in [0.717, 1.165) is 17.3 Å². The number of alkyl halides is 3. The maximum atomic E-state index is 13.5. The second-order valence-electron chi connectivity index (χ2n) is 10.8. The second-order valence-corrected chi connectivity index (χ2v) is 10.8. The van der Waals surface area contributed by atoms with Crippen LogP contribution in [0.1, 0.15) is 71.7 Å². The summed E-state index contributed by atoms with van der Waals surface area (Å²) in [7, 11) is 0. The monoisotopic (exact) mass is 563 g/mol. The number of ketones is 1. The van der Waals surface area contributed by atoms with Crippen molar-refractivity contribution in [3.63, 3.8) is 0 Å². The molecule has 8 heteroatoms. The van der Waals surface area contributed by atoms with Crippen LogP contribution in [0, 0.1) is 5.92 Å². The third-order valence-electron chi connectivity index (χ3n) is 7.48. The summed E-state index contributed by atoms with van der Waals surface area (Å²) in [6.45, 7) is 0.466. The molecule has 214 valence electrons. The average Bonchev–Trinajstić information content (AvgIpc) is 3.69. The minimum Gasteiger partial charge on any atom is -0.486 e. The molecular formula is C33H32F3NO4. The number of aryl methyl sites for hydroxylation is 1. The SMILES string of the molecule is O=C(O)CCCn1cc(C(=O)c2ccc(OC(CCC(F)(F)F)c3ccc(CC4CC4)cc3)cc2)c2ccccc21. The Morgan fingerprint density at radius 2 is 1.68 bits per heavy atom. The summed E-state index contributed by atoms with van der Waals surface area (Å²) in [6.07, 6.45) is -0.586. The van der Waals surface area contributed by atoms with Crippen molar-refractivity contribution in [2.75, 3.05) is 0 Å². The summed E-state index contributed by atoms with van der Waals surface area (Å²) in [5.41, 5.74) is 3.62. The fourth-order valence-corrected chi connectivity index (χ4v) is 5.13. The molecule has 0 saturated heterocycles. The number of ether oxygens (including phenoxy) is 1. The zero-order chi connectivity index (χ0) is 29.0. The lowest BCUT2D eigenvalue weighted by atomic mass is 10.0. The number of halogens is 3. The van der Waals surface area contributed by atoms with E-state index >= 15 is 0 Å². The fourth-order valence-electron chi connectivity index (χ4n) is 5.13. The van der Waals surface area contributed by atoms with Gasteiger partial charge in [0, 0.05) is 47.6 Å². The van der Waals surface area contributed by atoms with Crippen LogP contribution in [0.3, 0.4) is 0 Å². The average molecular weight is 564 g/mol. The number of fused-ring (bicyclic) bond motifs is 1. The van der Waals surface area contributed by atoms with Gasteiger partial charge in [-0.1, -0.05) is 42.5 Å². The number of para-hydroxylation sites is 1. The van der Waals surface area contributed by atoms with Crippen molar-refractivity contribution >= 4 is 22.7 Å². The van der Waals surface area contributed by atoms with Crippen LogP contribution in [0.5, 0.6) is 5.75 Å². The number of carboxylic acids is 1. The van der Waals surface area contributed by atoms with Crippen LogP contribution in [0.15, 0.2) is 79.0 Å². The lowest BCUT2D eigenvalue weighted by Crippen LogP contribution is -2.14. The molecule has 1 unspecified atom stereocenters. The van der Waals surface area contributed by atoms with Crippen LogP contribution in [-0.4, -0.2) is 27.6 Å². The quantitative estimate of drug-likeness (QED) is 0.167. The van der Waals surface area contributed by atoms with Crippen LogP contribution < -0.4 is 4.74 Å². The summed E-state index contributed by atoms with van der Waals surface area (Å²) in [5, 5.41) is 9.74. The lowest BCUT2D eigenvalue weighted by Gasteiger charge is -2.21. The highest BCUT2D eigenvalue weighted by molar-refractivity contribution is 6.16. The number of benzene rings is 3. The van der Waals surface area contributed by atoms with Crippen molar-refractivity contribution < 1.29 is 32.6 Å². The Labute approximate surface area is 236 Å². The number of hydrogen-bond acceptors (Lipinski definition) is 3. The first-order chi connectivity index (χ1) is 19.7. The first-order valence-corrected chi connectivity index (χ1v) is 13.9. The number of aliphatic carboxylic acids is 1. The molecule has 4 aromatic rings. The highest BCUT2D eigenvalue weighted by Crippen LogP contribution is 2.35. The number of hydrogen-bond donors (Lipinski definition) is 1. The summed E-state index contributed by atoms with van der Waals surface area (Å²) in [6, 6.07) is 21.6. The van der Waals surface area contributed by atoms with Gasteiger partial charge in [0.25, 0.3) is 0 Å². The van der Waals surface area contributed by atoms with Gasteiger partial charge in [0.15, 0.2) is 5.78 Å². The summed E-state index contributed by atoms with van der Waals surface area (Å²) in [4.78, 5) is 24.4. The molecule has 1 N–H and O–H groups in total. The van der Waals surface area contributed by atoms with Gasteiger partial charge in [-0.3, -0.25) is 9.59 Å². The van der Waals surface area contributed by atoms with E-state index in [0.29, 0.717) is 41.3 Å². The van der Waals surface area contributed by atoms with E-state index in [4.69, 9.17) is 9.84 Å². The standard InChI is InChI=1S/C33H32F3NO4/c34-33(35,36)18-17-30(24-11-9-23(10-12-24)20-22-7-8-22)41-26-15-13-25(14-16-26)32(40)28-21-37(19-3-6-31(38)39)29-5-2-1-4-27(28)29/h1-2,4-5,9-16,21-22,30H,3,6-8,17-20H2,(H,38,39). The number of aromatic nitrogens is 1. The normalized spacial score (nSPS) is 14.2. The molecule has 0 spiro atoms. The van der Waals surface area contributed by atoms with Gasteiger partial charge in [-0.05, 0) is 79.5 Å². The predicted molar refractivity (Wildman–Crippen MR) is 150 cm³/mol. The Morgan fingerprint density at radius 1 is 0.976 bits per heavy atom. The minimum absolute atomic E-state index is 0.0336. The summed E-state index contributed by atoms with van der Waals surface area (Å²) < 4.78 is 47.2. The molecular weight excluding hydrogens is 531 g/mol. The van der Waals surface area contributed by atoms with Gasteiger partial charge in [-0.25, -0.2) is 0 Å². The van der Waals surface area contributed by atoms with Gasteiger partial charge in [0.1, 0.15) is 11.9 Å². The zero-order valence-corrected chi connectivity index (χ0v) is 22.6. The molecule has 0 amide bonds. The molecule has 1 saturated carbocycles. The van der Waals surface area contributed by atoms with Gasteiger partial charge in [-0.15, -0.1) is 0 Å². The fraction of sp³-hybridized carbons (Fsp3) is 0.333. The van der Waals surface area contributed by atoms with Crippen molar-refractivity contribution in [3.05, 3.63) is 101 Å². The van der Waals surface area contributed by atoms with E-state index in [9.17, 15) is 22.8 Å². The first-order valence-electron chi connectivity index (χ1n) is 13.9. The molecule has 3 aromatic carbocycles. The second kappa shape index (κ2) is 12.2. The maximum absolute atomic E-state index is 13.5. The zero-order valence-electron chi connectivity index (χ0n) is 22.6. The molecule has 1 aliphatic carbocycles. The Hall–Kier alpha value is -4.07. The van der Waals surface area contributed by atoms with E-state index in [1.165, 1.54) is 18.4 Å². The van der Waals surface area contributed by atoms with E-state index < -0.39 is 24.7 Å². The molecule has 0 aliphatic heterocycles. The Balaban J connectivity index is 1.32. The van der Waals surface area contributed by atoms with Crippen LogP contribution in [0.25, 0.3) is 10.9 Å². The Morgan fingerprint density at radius 3 is 2.34 bits per heavy atom. The largest absolute Gasteiger partial charge is 0.486 e. The summed E-state index contributed by atoms with van der Waals surface area (Å²) >= 11 is 0. The number of carbonyl (C=O) groups excluding carboxylic acids is 1. The van der Waals surface area contributed by atoms with Gasteiger partial charge in [0.05, 0.1) is 0 Å². The predicted octanol–water partition coefficient (Wildman–Crippen LogP) is 8.15. The Kier molecular flexibility index (Phi) is 8.47. The number of rotatable bonds is 13. The Bertz CT molecular complexity index is 1500. The molecule has 1 aliphatic rings. The molecule has 1 fully saturated rings. The molecule has 41 heavy (non-hydrogen) atoms. The van der Waals surface area contributed by atoms with Crippen LogP contribution in [0.4, 0.5) is 13.2 Å². The summed E-state index contributed by atoms with van der Waals surface area (Å²) in [5.74, 6) is 0.0237. The van der Waals surface area contributed by atoms with E-state index in [1.807, 2.05) is 53.1 Å². The van der Waals surface area contributed by atoms with Crippen LogP contribution in [0.2, 0.25) is 0 Å². The number of nitrogens with zero attached hydrogens (tertiary/aromatic N) is 1. The molecule has 1 heterocycles. The van der Waals surface area contributed by atoms with Gasteiger partial charge in [-0.2, -0.15) is 13.2 Å². The highest BCUT2D eigenvalue weighted by atomic mass is 19.4. The topological polar surface area (TPSA) is 68.5 Å². The van der Waals surface area contributed by atoms with Gasteiger partial charge < -0.3 is 14.4 Å². The smallest absolute Gasteiger partial charge is 0.389 e. The first kappa shape index (κ1) is 28.5. The molecule has 0 bridgehead atoms. The minimum atomic E-state index is -4.30. The molecule has 5 rings (SSSR count). The van der Waals surface area contributed by atoms with Crippen LogP contribution in [-0.2, 0) is 17.8 Å². The van der Waals surface area contributed by atoms with E-state index in [1.54, 1.807) is 30.5 Å². The highest BCUT2D eigenvalue weighted by Gasteiger charge is 2.30. The third kappa shape index (κ3) is 7.57. The van der Waals surface area contributed by atoms with Gasteiger partial charge in [0.2, 0.25) is 0 Å². The lowest BCUT2D eigenvalue weighted by molar-refractivity contribution is -0.139. The molecule has 5 nitrogen and oxygen atoms in total. The number of carbonyl (C=O) groups is 2. The maximum Gasteiger partial charge on any atom is 0.389 e. The van der Waals surface area contributed by atoms with Crippen molar-refractivity contribution in [3.8, 4) is 5.75 Å². The molecule has 1 atom stereocenters. The molecule has 1 aromatic heterocycles. The van der Waals surface area contributed by atoms with E-state index in [2.05, 4.69) is 0 Å². The third-order valence-corrected chi connectivity index (χ3v) is 7.48. The number of carboxylic acid groups (broad SMARTS) is 1. The van der Waals surface area contributed by atoms with Crippen molar-refractivity contribution in [1.29, 1.82) is 0 Å². The van der Waals surface area contributed by atoms with E-state index in [-0.39, 0.29) is 18.6 Å².